The maximum atomic E-state index is 11.9. The minimum Gasteiger partial charge on any atom is -0.458 e. The fourth-order valence-electron chi connectivity index (χ4n) is 2.47. The Morgan fingerprint density at radius 1 is 1.08 bits per heavy atom. The van der Waals surface area contributed by atoms with E-state index in [0.29, 0.717) is 5.75 Å². The van der Waals surface area contributed by atoms with E-state index in [2.05, 4.69) is 0 Å². The normalized spacial score (nSPS) is 10.8. The number of aryl methyl sites for hydroxylation is 2. The van der Waals surface area contributed by atoms with Crippen LogP contribution in [-0.4, -0.2) is 18.2 Å². The van der Waals surface area contributed by atoms with E-state index < -0.39 is 5.97 Å². The molecule has 0 atom stereocenters. The second kappa shape index (κ2) is 9.25. The molecule has 4 nitrogen and oxygen atoms in total. The number of rotatable bonds is 6. The molecule has 0 fully saturated rings. The Morgan fingerprint density at radius 2 is 1.69 bits per heavy atom. The molecule has 0 saturated carbocycles. The van der Waals surface area contributed by atoms with Crippen LogP contribution in [0.2, 0.25) is 0 Å². The van der Waals surface area contributed by atoms with Gasteiger partial charge in [0.15, 0.2) is 0 Å². The highest BCUT2D eigenvalue weighted by atomic mass is 32.2. The molecule has 0 spiro atoms. The van der Waals surface area contributed by atoms with E-state index in [1.54, 1.807) is 17.8 Å². The molecular formula is C21H22O4S. The molecule has 2 rings (SSSR count). The lowest BCUT2D eigenvalue weighted by molar-refractivity contribution is -0.139. The smallest absolute Gasteiger partial charge is 0.331 e. The first-order chi connectivity index (χ1) is 12.4. The van der Waals surface area contributed by atoms with Gasteiger partial charge >= 0.3 is 11.9 Å². The Hall–Kier alpha value is -2.53. The third-order valence-electron chi connectivity index (χ3n) is 3.68. The van der Waals surface area contributed by atoms with Crippen LogP contribution in [0.1, 0.15) is 29.2 Å². The third-order valence-corrected chi connectivity index (χ3v) is 4.42. The predicted octanol–water partition coefficient (Wildman–Crippen LogP) is 4.71. The van der Waals surface area contributed by atoms with Crippen molar-refractivity contribution in [2.75, 3.05) is 6.26 Å². The van der Waals surface area contributed by atoms with Crippen LogP contribution in [-0.2, 0) is 20.9 Å². The molecule has 0 amide bonds. The summed E-state index contributed by atoms with van der Waals surface area (Å²) in [5, 5.41) is 0. The van der Waals surface area contributed by atoms with Crippen LogP contribution in [0, 0.1) is 13.8 Å². The summed E-state index contributed by atoms with van der Waals surface area (Å²) in [5.41, 5.74) is 3.46. The molecule has 0 aliphatic carbocycles. The summed E-state index contributed by atoms with van der Waals surface area (Å²) in [7, 11) is 0. The van der Waals surface area contributed by atoms with Crippen molar-refractivity contribution in [3.63, 3.8) is 0 Å². The highest BCUT2D eigenvalue weighted by Crippen LogP contribution is 2.25. The molecule has 26 heavy (non-hydrogen) atoms. The molecule has 2 aromatic carbocycles. The standard InChI is InChI=1S/C21H22O4S/c1-14-11-18(12-15(2)21(14)25-16(3)22)7-10-20(23)24-13-17-5-8-19(26-4)9-6-17/h5-12H,13H2,1-4H3/b10-7+. The van der Waals surface area contributed by atoms with Crippen LogP contribution in [0.5, 0.6) is 5.75 Å². The van der Waals surface area contributed by atoms with Gasteiger partial charge in [-0.2, -0.15) is 0 Å². The van der Waals surface area contributed by atoms with Gasteiger partial charge in [-0.05, 0) is 72.7 Å². The summed E-state index contributed by atoms with van der Waals surface area (Å²) < 4.78 is 10.5. The van der Waals surface area contributed by atoms with E-state index in [-0.39, 0.29) is 12.6 Å². The lowest BCUT2D eigenvalue weighted by Gasteiger charge is -2.10. The minimum atomic E-state index is -0.404. The fourth-order valence-corrected chi connectivity index (χ4v) is 2.88. The number of hydrogen-bond acceptors (Lipinski definition) is 5. The summed E-state index contributed by atoms with van der Waals surface area (Å²) >= 11 is 1.67. The van der Waals surface area contributed by atoms with Gasteiger partial charge < -0.3 is 9.47 Å². The second-order valence-electron chi connectivity index (χ2n) is 5.87. The fraction of sp³-hybridized carbons (Fsp3) is 0.238. The first kappa shape index (κ1) is 19.8. The van der Waals surface area contributed by atoms with Gasteiger partial charge in [-0.1, -0.05) is 12.1 Å². The Morgan fingerprint density at radius 3 is 2.23 bits per heavy atom. The number of hydrogen-bond donors (Lipinski definition) is 0. The van der Waals surface area contributed by atoms with Crippen LogP contribution in [0.25, 0.3) is 6.08 Å². The predicted molar refractivity (Wildman–Crippen MR) is 104 cm³/mol. The summed E-state index contributed by atoms with van der Waals surface area (Å²) in [6, 6.07) is 11.6. The van der Waals surface area contributed by atoms with Crippen molar-refractivity contribution in [3.05, 3.63) is 64.7 Å². The monoisotopic (exact) mass is 370 g/mol. The van der Waals surface area contributed by atoms with E-state index in [0.717, 1.165) is 22.3 Å². The molecule has 0 bridgehead atoms. The molecule has 0 N–H and O–H groups in total. The van der Waals surface area contributed by atoms with E-state index in [1.165, 1.54) is 17.9 Å². The maximum Gasteiger partial charge on any atom is 0.331 e. The van der Waals surface area contributed by atoms with Crippen molar-refractivity contribution in [1.82, 2.24) is 0 Å². The van der Waals surface area contributed by atoms with Gasteiger partial charge in [0.2, 0.25) is 0 Å². The van der Waals surface area contributed by atoms with Crippen LogP contribution in [0.3, 0.4) is 0 Å². The Bertz CT molecular complexity index is 799. The van der Waals surface area contributed by atoms with Crippen molar-refractivity contribution in [1.29, 1.82) is 0 Å². The van der Waals surface area contributed by atoms with Crippen molar-refractivity contribution >= 4 is 29.8 Å². The Labute approximate surface area is 158 Å². The van der Waals surface area contributed by atoms with Gasteiger partial charge in [-0.15, -0.1) is 11.8 Å². The molecule has 0 unspecified atom stereocenters. The summed E-state index contributed by atoms with van der Waals surface area (Å²) in [4.78, 5) is 24.2. The molecule has 5 heteroatoms. The first-order valence-electron chi connectivity index (χ1n) is 8.16. The van der Waals surface area contributed by atoms with Crippen LogP contribution >= 0.6 is 11.8 Å². The third kappa shape index (κ3) is 5.77. The SMILES string of the molecule is CSc1ccc(COC(=O)/C=C/c2cc(C)c(OC(C)=O)c(C)c2)cc1. The zero-order valence-electron chi connectivity index (χ0n) is 15.4. The second-order valence-corrected chi connectivity index (χ2v) is 6.75. The van der Waals surface area contributed by atoms with Crippen molar-refractivity contribution in [2.45, 2.75) is 32.3 Å². The zero-order chi connectivity index (χ0) is 19.1. The number of ether oxygens (including phenoxy) is 2. The van der Waals surface area contributed by atoms with E-state index in [1.807, 2.05) is 56.5 Å². The van der Waals surface area contributed by atoms with Gasteiger partial charge in [-0.3, -0.25) is 4.79 Å². The molecule has 0 heterocycles. The summed E-state index contributed by atoms with van der Waals surface area (Å²) in [6.07, 6.45) is 5.11. The first-order valence-corrected chi connectivity index (χ1v) is 9.39. The van der Waals surface area contributed by atoms with Crippen molar-refractivity contribution < 1.29 is 19.1 Å². The average molecular weight is 370 g/mol. The zero-order valence-corrected chi connectivity index (χ0v) is 16.2. The van der Waals surface area contributed by atoms with Crippen LogP contribution < -0.4 is 4.74 Å². The molecule has 0 aliphatic rings. The quantitative estimate of drug-likeness (QED) is 0.319. The van der Waals surface area contributed by atoms with Gasteiger partial charge in [0, 0.05) is 17.9 Å². The minimum absolute atomic E-state index is 0.237. The molecule has 0 aromatic heterocycles. The molecule has 136 valence electrons. The van der Waals surface area contributed by atoms with Gasteiger partial charge in [0.05, 0.1) is 0 Å². The molecule has 2 aromatic rings. The largest absolute Gasteiger partial charge is 0.458 e. The van der Waals surface area contributed by atoms with Gasteiger partial charge in [0.25, 0.3) is 0 Å². The number of carbonyl (C=O) groups is 2. The van der Waals surface area contributed by atoms with Crippen molar-refractivity contribution in [3.8, 4) is 5.75 Å². The van der Waals surface area contributed by atoms with E-state index >= 15 is 0 Å². The topological polar surface area (TPSA) is 52.6 Å². The highest BCUT2D eigenvalue weighted by molar-refractivity contribution is 7.98. The molecule has 0 radical (unpaired) electrons. The van der Waals surface area contributed by atoms with Gasteiger partial charge in [0.1, 0.15) is 12.4 Å². The van der Waals surface area contributed by atoms with E-state index in [9.17, 15) is 9.59 Å². The lowest BCUT2D eigenvalue weighted by atomic mass is 10.1. The number of thioether (sulfide) groups is 1. The molecule has 0 saturated heterocycles. The van der Waals surface area contributed by atoms with Crippen molar-refractivity contribution in [2.24, 2.45) is 0 Å². The Kier molecular flexibility index (Phi) is 7.04. The highest BCUT2D eigenvalue weighted by Gasteiger charge is 2.08. The number of benzene rings is 2. The van der Waals surface area contributed by atoms with Gasteiger partial charge in [-0.25, -0.2) is 4.79 Å². The summed E-state index contributed by atoms with van der Waals surface area (Å²) in [5.74, 6) is -0.196. The Balaban J connectivity index is 1.97. The maximum absolute atomic E-state index is 11.9. The molecular weight excluding hydrogens is 348 g/mol. The average Bonchev–Trinajstić information content (AvgIpc) is 2.61. The molecule has 0 aliphatic heterocycles. The lowest BCUT2D eigenvalue weighted by Crippen LogP contribution is -2.04. The van der Waals surface area contributed by atoms with Crippen LogP contribution in [0.15, 0.2) is 47.4 Å². The van der Waals surface area contributed by atoms with Crippen LogP contribution in [0.4, 0.5) is 0 Å². The number of esters is 2. The number of carbonyl (C=O) groups excluding carboxylic acids is 2. The summed E-state index contributed by atoms with van der Waals surface area (Å²) in [6.45, 7) is 5.33. The van der Waals surface area contributed by atoms with E-state index in [4.69, 9.17) is 9.47 Å².